The van der Waals surface area contributed by atoms with E-state index in [-0.39, 0.29) is 37.9 Å². The lowest BCUT2D eigenvalue weighted by Crippen LogP contribution is -2.46. The number of ether oxygens (including phenoxy) is 2. The van der Waals surface area contributed by atoms with Gasteiger partial charge in [0.15, 0.2) is 0 Å². The van der Waals surface area contributed by atoms with Crippen LogP contribution in [-0.2, 0) is 14.3 Å². The molecule has 0 aromatic carbocycles. The van der Waals surface area contributed by atoms with E-state index in [0.29, 0.717) is 6.61 Å². The molecule has 1 heterocycles. The molecule has 2 amide bonds. The van der Waals surface area contributed by atoms with Crippen LogP contribution in [0.2, 0.25) is 0 Å². The topological polar surface area (TPSA) is 96.9 Å². The van der Waals surface area contributed by atoms with E-state index in [1.165, 1.54) is 0 Å². The van der Waals surface area contributed by atoms with Crippen LogP contribution in [0.25, 0.3) is 0 Å². The monoisotopic (exact) mass is 260 g/mol. The van der Waals surface area contributed by atoms with Crippen molar-refractivity contribution >= 4 is 12.0 Å². The standard InChI is InChI=1S/C11H20N2O5/c1-8-6-9(2-4-18-8)13-11(16)12-3-5-17-7-10(14)15/h8-9H,2-7H2,1H3,(H,14,15)(H2,12,13,16). The molecule has 0 saturated carbocycles. The van der Waals surface area contributed by atoms with E-state index in [2.05, 4.69) is 10.6 Å². The average Bonchev–Trinajstić information content (AvgIpc) is 2.28. The molecule has 1 aliphatic rings. The van der Waals surface area contributed by atoms with E-state index in [1.54, 1.807) is 0 Å². The zero-order chi connectivity index (χ0) is 13.4. The van der Waals surface area contributed by atoms with Gasteiger partial charge in [0.05, 0.1) is 12.7 Å². The Labute approximate surface area is 106 Å². The maximum atomic E-state index is 11.5. The molecule has 1 rings (SSSR count). The molecule has 0 radical (unpaired) electrons. The Kier molecular flexibility index (Phi) is 6.45. The van der Waals surface area contributed by atoms with Crippen molar-refractivity contribution in [2.45, 2.75) is 31.9 Å². The zero-order valence-electron chi connectivity index (χ0n) is 10.5. The minimum atomic E-state index is -1.02. The molecule has 104 valence electrons. The number of urea groups is 1. The highest BCUT2D eigenvalue weighted by molar-refractivity contribution is 5.74. The Morgan fingerprint density at radius 2 is 2.28 bits per heavy atom. The molecule has 7 heteroatoms. The summed E-state index contributed by atoms with van der Waals surface area (Å²) >= 11 is 0. The van der Waals surface area contributed by atoms with E-state index in [0.717, 1.165) is 12.8 Å². The molecular formula is C11H20N2O5. The Morgan fingerprint density at radius 1 is 1.50 bits per heavy atom. The van der Waals surface area contributed by atoms with Crippen LogP contribution in [0.4, 0.5) is 4.79 Å². The minimum Gasteiger partial charge on any atom is -0.480 e. The second-order valence-electron chi connectivity index (χ2n) is 4.25. The van der Waals surface area contributed by atoms with Crippen LogP contribution >= 0.6 is 0 Å². The summed E-state index contributed by atoms with van der Waals surface area (Å²) in [4.78, 5) is 21.6. The number of nitrogens with one attached hydrogen (secondary N) is 2. The quantitative estimate of drug-likeness (QED) is 0.582. The van der Waals surface area contributed by atoms with Crippen molar-refractivity contribution in [1.82, 2.24) is 10.6 Å². The van der Waals surface area contributed by atoms with Crippen molar-refractivity contribution in [3.8, 4) is 0 Å². The van der Waals surface area contributed by atoms with Crippen molar-refractivity contribution in [2.75, 3.05) is 26.4 Å². The Balaban J connectivity index is 2.04. The molecule has 0 aromatic rings. The molecule has 1 aliphatic heterocycles. The number of carbonyl (C=O) groups is 2. The van der Waals surface area contributed by atoms with Gasteiger partial charge in [0.2, 0.25) is 0 Å². The lowest BCUT2D eigenvalue weighted by atomic mass is 10.0. The third-order valence-corrected chi connectivity index (χ3v) is 2.58. The summed E-state index contributed by atoms with van der Waals surface area (Å²) in [6, 6.07) is -0.123. The summed E-state index contributed by atoms with van der Waals surface area (Å²) in [5.74, 6) is -1.02. The SMILES string of the molecule is CC1CC(NC(=O)NCCOCC(=O)O)CCO1. The number of rotatable bonds is 6. The maximum Gasteiger partial charge on any atom is 0.329 e. The normalized spacial score (nSPS) is 23.4. The summed E-state index contributed by atoms with van der Waals surface area (Å²) < 4.78 is 10.2. The molecule has 7 nitrogen and oxygen atoms in total. The molecule has 0 aliphatic carbocycles. The van der Waals surface area contributed by atoms with Crippen LogP contribution in [-0.4, -0.2) is 55.6 Å². The number of carboxylic acids is 1. The first-order valence-electron chi connectivity index (χ1n) is 6.03. The molecule has 2 unspecified atom stereocenters. The minimum absolute atomic E-state index is 0.133. The Hall–Kier alpha value is -1.34. The van der Waals surface area contributed by atoms with E-state index in [9.17, 15) is 9.59 Å². The van der Waals surface area contributed by atoms with Gasteiger partial charge < -0.3 is 25.2 Å². The van der Waals surface area contributed by atoms with Crippen molar-refractivity contribution < 1.29 is 24.2 Å². The van der Waals surface area contributed by atoms with Gasteiger partial charge >= 0.3 is 12.0 Å². The first-order valence-corrected chi connectivity index (χ1v) is 6.03. The van der Waals surface area contributed by atoms with Gasteiger partial charge in [-0.3, -0.25) is 0 Å². The van der Waals surface area contributed by atoms with Crippen LogP contribution in [0.3, 0.4) is 0 Å². The second-order valence-corrected chi connectivity index (χ2v) is 4.25. The van der Waals surface area contributed by atoms with Crippen molar-refractivity contribution in [3.63, 3.8) is 0 Å². The first-order chi connectivity index (χ1) is 8.58. The fraction of sp³-hybridized carbons (Fsp3) is 0.818. The van der Waals surface area contributed by atoms with Crippen LogP contribution in [0.5, 0.6) is 0 Å². The second kappa shape index (κ2) is 7.88. The van der Waals surface area contributed by atoms with Gasteiger partial charge in [-0.15, -0.1) is 0 Å². The number of amides is 2. The zero-order valence-corrected chi connectivity index (χ0v) is 10.5. The van der Waals surface area contributed by atoms with Crippen molar-refractivity contribution in [3.05, 3.63) is 0 Å². The molecule has 18 heavy (non-hydrogen) atoms. The first kappa shape index (κ1) is 14.7. The van der Waals surface area contributed by atoms with Gasteiger partial charge in [-0.1, -0.05) is 0 Å². The molecule has 0 aromatic heterocycles. The number of hydrogen-bond acceptors (Lipinski definition) is 4. The smallest absolute Gasteiger partial charge is 0.329 e. The summed E-state index contributed by atoms with van der Waals surface area (Å²) in [5, 5.41) is 13.8. The van der Waals surface area contributed by atoms with Gasteiger partial charge in [0, 0.05) is 19.2 Å². The van der Waals surface area contributed by atoms with Crippen LogP contribution in [0.15, 0.2) is 0 Å². The molecule has 0 bridgehead atoms. The van der Waals surface area contributed by atoms with Crippen LogP contribution in [0.1, 0.15) is 19.8 Å². The van der Waals surface area contributed by atoms with Gasteiger partial charge in [-0.25, -0.2) is 9.59 Å². The highest BCUT2D eigenvalue weighted by Crippen LogP contribution is 2.12. The summed E-state index contributed by atoms with van der Waals surface area (Å²) in [6.45, 7) is 2.77. The van der Waals surface area contributed by atoms with Crippen molar-refractivity contribution in [1.29, 1.82) is 0 Å². The Bertz CT molecular complexity index is 285. The van der Waals surface area contributed by atoms with E-state index in [4.69, 9.17) is 14.6 Å². The number of aliphatic carboxylic acids is 1. The summed E-state index contributed by atoms with van der Waals surface area (Å²) in [6.07, 6.45) is 1.79. The lowest BCUT2D eigenvalue weighted by molar-refractivity contribution is -0.142. The maximum absolute atomic E-state index is 11.5. The number of hydrogen-bond donors (Lipinski definition) is 3. The summed E-state index contributed by atoms with van der Waals surface area (Å²) in [7, 11) is 0. The fourth-order valence-electron chi connectivity index (χ4n) is 1.76. The third kappa shape index (κ3) is 6.41. The molecular weight excluding hydrogens is 240 g/mol. The average molecular weight is 260 g/mol. The van der Waals surface area contributed by atoms with E-state index < -0.39 is 5.97 Å². The third-order valence-electron chi connectivity index (χ3n) is 2.58. The lowest BCUT2D eigenvalue weighted by Gasteiger charge is -2.27. The van der Waals surface area contributed by atoms with Gasteiger partial charge in [-0.2, -0.15) is 0 Å². The van der Waals surface area contributed by atoms with E-state index in [1.807, 2.05) is 6.92 Å². The molecule has 2 atom stereocenters. The van der Waals surface area contributed by atoms with E-state index >= 15 is 0 Å². The van der Waals surface area contributed by atoms with Crippen molar-refractivity contribution in [2.24, 2.45) is 0 Å². The highest BCUT2D eigenvalue weighted by atomic mass is 16.5. The summed E-state index contributed by atoms with van der Waals surface area (Å²) in [5.41, 5.74) is 0. The molecule has 1 saturated heterocycles. The Morgan fingerprint density at radius 3 is 2.94 bits per heavy atom. The van der Waals surface area contributed by atoms with Gasteiger partial charge in [-0.05, 0) is 19.8 Å². The highest BCUT2D eigenvalue weighted by Gasteiger charge is 2.20. The molecule has 1 fully saturated rings. The largest absolute Gasteiger partial charge is 0.480 e. The van der Waals surface area contributed by atoms with Gasteiger partial charge in [0.25, 0.3) is 0 Å². The fourth-order valence-corrected chi connectivity index (χ4v) is 1.76. The van der Waals surface area contributed by atoms with Gasteiger partial charge in [0.1, 0.15) is 6.61 Å². The van der Waals surface area contributed by atoms with Crippen LogP contribution < -0.4 is 10.6 Å². The number of carbonyl (C=O) groups excluding carboxylic acids is 1. The number of carboxylic acid groups (broad SMARTS) is 1. The predicted molar refractivity (Wildman–Crippen MR) is 63.4 cm³/mol. The molecule has 3 N–H and O–H groups in total. The molecule has 0 spiro atoms. The predicted octanol–water partition coefficient (Wildman–Crippen LogP) is -0.0457. The van der Waals surface area contributed by atoms with Crippen LogP contribution in [0, 0.1) is 0 Å².